The van der Waals surface area contributed by atoms with Crippen LogP contribution in [0.2, 0.25) is 0 Å². The summed E-state index contributed by atoms with van der Waals surface area (Å²) in [6.07, 6.45) is 1.54. The van der Waals surface area contributed by atoms with Crippen molar-refractivity contribution in [1.29, 1.82) is 0 Å². The summed E-state index contributed by atoms with van der Waals surface area (Å²) >= 11 is 0. The number of carbonyl (C=O) groups excluding carboxylic acids is 2. The van der Waals surface area contributed by atoms with Crippen molar-refractivity contribution in [2.45, 2.75) is 32.7 Å². The number of esters is 1. The Hall–Kier alpha value is -2.02. The van der Waals surface area contributed by atoms with Gasteiger partial charge in [-0.1, -0.05) is 0 Å². The number of nitrogens with one attached hydrogen (secondary N) is 1. The third-order valence-corrected chi connectivity index (χ3v) is 4.19. The van der Waals surface area contributed by atoms with Crippen molar-refractivity contribution in [3.8, 4) is 0 Å². The number of hydrogen-bond donors (Lipinski definition) is 1. The predicted molar refractivity (Wildman–Crippen MR) is 85.4 cm³/mol. The molecular formula is C17H22F2N2O3. The number of halogens is 2. The molecule has 132 valence electrons. The summed E-state index contributed by atoms with van der Waals surface area (Å²) in [5, 5.41) is 2.57. The molecule has 1 fully saturated rings. The van der Waals surface area contributed by atoms with E-state index in [2.05, 4.69) is 5.32 Å². The van der Waals surface area contributed by atoms with Crippen LogP contribution in [0.3, 0.4) is 0 Å². The van der Waals surface area contributed by atoms with Gasteiger partial charge in [0.15, 0.2) is 11.6 Å². The van der Waals surface area contributed by atoms with Crippen LogP contribution in [0.25, 0.3) is 0 Å². The molecule has 1 saturated heterocycles. The Bertz CT molecular complexity index is 609. The van der Waals surface area contributed by atoms with Crippen LogP contribution in [0.4, 0.5) is 14.5 Å². The van der Waals surface area contributed by atoms with Crippen LogP contribution in [0.5, 0.6) is 0 Å². The second-order valence-electron chi connectivity index (χ2n) is 5.88. The third kappa shape index (κ3) is 4.50. The number of rotatable bonds is 5. The molecule has 24 heavy (non-hydrogen) atoms. The number of amides is 1. The molecule has 0 aliphatic carbocycles. The van der Waals surface area contributed by atoms with Gasteiger partial charge < -0.3 is 10.1 Å². The quantitative estimate of drug-likeness (QED) is 0.837. The zero-order chi connectivity index (χ0) is 17.7. The summed E-state index contributed by atoms with van der Waals surface area (Å²) in [5.74, 6) is -2.78. The Labute approximate surface area is 140 Å². The fraction of sp³-hybridized carbons (Fsp3) is 0.529. The van der Waals surface area contributed by atoms with E-state index in [1.54, 1.807) is 13.8 Å². The maximum absolute atomic E-state index is 13.2. The predicted octanol–water partition coefficient (Wildman–Crippen LogP) is 2.57. The lowest BCUT2D eigenvalue weighted by Gasteiger charge is -2.35. The van der Waals surface area contributed by atoms with Crippen molar-refractivity contribution in [3.63, 3.8) is 0 Å². The van der Waals surface area contributed by atoms with Gasteiger partial charge in [0.2, 0.25) is 5.91 Å². The molecule has 2 rings (SSSR count). The average Bonchev–Trinajstić information content (AvgIpc) is 2.57. The summed E-state index contributed by atoms with van der Waals surface area (Å²) in [4.78, 5) is 26.1. The zero-order valence-electron chi connectivity index (χ0n) is 13.9. The van der Waals surface area contributed by atoms with Crippen molar-refractivity contribution in [1.82, 2.24) is 4.90 Å². The summed E-state index contributed by atoms with van der Waals surface area (Å²) in [7, 11) is 0. The van der Waals surface area contributed by atoms with E-state index in [1.807, 2.05) is 4.90 Å². The molecule has 0 aromatic heterocycles. The number of hydrogen-bond acceptors (Lipinski definition) is 4. The van der Waals surface area contributed by atoms with Crippen molar-refractivity contribution in [2.75, 3.05) is 25.0 Å². The van der Waals surface area contributed by atoms with Gasteiger partial charge in [-0.3, -0.25) is 14.5 Å². The molecule has 1 aromatic rings. The molecule has 7 heteroatoms. The van der Waals surface area contributed by atoms with Gasteiger partial charge in [0.05, 0.1) is 18.6 Å². The van der Waals surface area contributed by atoms with Crippen LogP contribution < -0.4 is 5.32 Å². The highest BCUT2D eigenvalue weighted by Gasteiger charge is 2.31. The maximum Gasteiger partial charge on any atom is 0.310 e. The van der Waals surface area contributed by atoms with E-state index in [9.17, 15) is 18.4 Å². The molecule has 1 aromatic carbocycles. The lowest BCUT2D eigenvalue weighted by atomic mass is 9.97. The van der Waals surface area contributed by atoms with E-state index < -0.39 is 17.7 Å². The van der Waals surface area contributed by atoms with Crippen LogP contribution in [-0.4, -0.2) is 42.5 Å². The van der Waals surface area contributed by atoms with Gasteiger partial charge in [-0.2, -0.15) is 0 Å². The minimum absolute atomic E-state index is 0.199. The normalized spacial score (nSPS) is 19.6. The highest BCUT2D eigenvalue weighted by molar-refractivity contribution is 5.94. The number of nitrogens with zero attached hydrogens (tertiary/aromatic N) is 1. The van der Waals surface area contributed by atoms with Gasteiger partial charge in [-0.05, 0) is 45.4 Å². The molecule has 0 radical (unpaired) electrons. The summed E-state index contributed by atoms with van der Waals surface area (Å²) < 4.78 is 31.2. The second-order valence-corrected chi connectivity index (χ2v) is 5.88. The Balaban J connectivity index is 1.96. The Morgan fingerprint density at radius 2 is 2.12 bits per heavy atom. The first-order chi connectivity index (χ1) is 11.4. The smallest absolute Gasteiger partial charge is 0.310 e. The SMILES string of the molecule is CCOC(=O)[C@@H]1CCCN([C@@H](C)C(=O)Nc2ccc(F)c(F)c2)C1. The van der Waals surface area contributed by atoms with E-state index in [0.29, 0.717) is 19.7 Å². The summed E-state index contributed by atoms with van der Waals surface area (Å²) in [5.41, 5.74) is 0.199. The van der Waals surface area contributed by atoms with Gasteiger partial charge in [-0.25, -0.2) is 8.78 Å². The molecule has 2 atom stereocenters. The molecule has 1 N–H and O–H groups in total. The molecule has 1 heterocycles. The van der Waals surface area contributed by atoms with Crippen LogP contribution in [0, 0.1) is 17.6 Å². The minimum Gasteiger partial charge on any atom is -0.466 e. The molecule has 0 bridgehead atoms. The van der Waals surface area contributed by atoms with Crippen molar-refractivity contribution in [3.05, 3.63) is 29.8 Å². The third-order valence-electron chi connectivity index (χ3n) is 4.19. The first-order valence-corrected chi connectivity index (χ1v) is 8.09. The second kappa shape index (κ2) is 8.19. The number of anilines is 1. The minimum atomic E-state index is -1.01. The zero-order valence-corrected chi connectivity index (χ0v) is 13.9. The number of ether oxygens (including phenoxy) is 1. The number of likely N-dealkylation sites (tertiary alicyclic amines) is 1. The van der Waals surface area contributed by atoms with Crippen molar-refractivity contribution in [2.24, 2.45) is 5.92 Å². The number of benzene rings is 1. The van der Waals surface area contributed by atoms with E-state index in [-0.39, 0.29) is 23.5 Å². The fourth-order valence-corrected chi connectivity index (χ4v) is 2.80. The van der Waals surface area contributed by atoms with E-state index in [4.69, 9.17) is 4.74 Å². The van der Waals surface area contributed by atoms with Gasteiger partial charge in [0.25, 0.3) is 0 Å². The largest absolute Gasteiger partial charge is 0.466 e. The Morgan fingerprint density at radius 3 is 2.79 bits per heavy atom. The lowest BCUT2D eigenvalue weighted by molar-refractivity contribution is -0.150. The van der Waals surface area contributed by atoms with Crippen molar-refractivity contribution >= 4 is 17.6 Å². The summed E-state index contributed by atoms with van der Waals surface area (Å²) in [6, 6.07) is 2.72. The topological polar surface area (TPSA) is 58.6 Å². The van der Waals surface area contributed by atoms with Gasteiger partial charge in [0, 0.05) is 18.3 Å². The molecule has 0 spiro atoms. The monoisotopic (exact) mass is 340 g/mol. The molecule has 0 saturated carbocycles. The molecule has 5 nitrogen and oxygen atoms in total. The highest BCUT2D eigenvalue weighted by atomic mass is 19.2. The van der Waals surface area contributed by atoms with Crippen molar-refractivity contribution < 1.29 is 23.1 Å². The highest BCUT2D eigenvalue weighted by Crippen LogP contribution is 2.21. The molecule has 1 aliphatic rings. The van der Waals surface area contributed by atoms with E-state index in [1.165, 1.54) is 6.07 Å². The molecular weight excluding hydrogens is 318 g/mol. The lowest BCUT2D eigenvalue weighted by Crippen LogP contribution is -2.48. The Kier molecular flexibility index (Phi) is 6.25. The average molecular weight is 340 g/mol. The van der Waals surface area contributed by atoms with Crippen LogP contribution >= 0.6 is 0 Å². The standard InChI is InChI=1S/C17H22F2N2O3/c1-3-24-17(23)12-5-4-8-21(10-12)11(2)16(22)20-13-6-7-14(18)15(19)9-13/h6-7,9,11-12H,3-5,8,10H2,1-2H3,(H,20,22)/t11-,12+/m0/s1. The van der Waals surface area contributed by atoms with Gasteiger partial charge in [0.1, 0.15) is 0 Å². The first kappa shape index (κ1) is 18.3. The van der Waals surface area contributed by atoms with Crippen LogP contribution in [0.1, 0.15) is 26.7 Å². The van der Waals surface area contributed by atoms with Gasteiger partial charge in [-0.15, -0.1) is 0 Å². The molecule has 1 amide bonds. The first-order valence-electron chi connectivity index (χ1n) is 8.09. The Morgan fingerprint density at radius 1 is 1.38 bits per heavy atom. The molecule has 1 aliphatic heterocycles. The molecule has 0 unspecified atom stereocenters. The fourth-order valence-electron chi connectivity index (χ4n) is 2.80. The number of piperidine rings is 1. The van der Waals surface area contributed by atoms with Gasteiger partial charge >= 0.3 is 5.97 Å². The van der Waals surface area contributed by atoms with E-state index in [0.717, 1.165) is 25.0 Å². The van der Waals surface area contributed by atoms with Crippen LogP contribution in [-0.2, 0) is 14.3 Å². The maximum atomic E-state index is 13.2. The van der Waals surface area contributed by atoms with Crippen LogP contribution in [0.15, 0.2) is 18.2 Å². The number of carbonyl (C=O) groups is 2. The van der Waals surface area contributed by atoms with E-state index >= 15 is 0 Å². The summed E-state index contributed by atoms with van der Waals surface area (Å²) in [6.45, 7) is 4.97.